The van der Waals surface area contributed by atoms with Gasteiger partial charge in [0.25, 0.3) is 0 Å². The van der Waals surface area contributed by atoms with E-state index in [0.717, 1.165) is 0 Å². The summed E-state index contributed by atoms with van der Waals surface area (Å²) in [6.07, 6.45) is 0.276. The van der Waals surface area contributed by atoms with Crippen molar-refractivity contribution in [2.75, 3.05) is 6.61 Å². The molecular formula is C5H8ClFO. The predicted octanol–water partition coefficient (Wildman–Crippen LogP) is 1.29. The van der Waals surface area contributed by atoms with Crippen LogP contribution >= 0.6 is 11.6 Å². The Morgan fingerprint density at radius 1 is 1.88 bits per heavy atom. The van der Waals surface area contributed by atoms with E-state index in [0.29, 0.717) is 0 Å². The molecule has 0 heterocycles. The first kappa shape index (κ1) is 6.30. The SMILES string of the molecule is C[C@]1(CO)C[C@]1(F)Cl. The van der Waals surface area contributed by atoms with Crippen molar-refractivity contribution >= 4 is 11.6 Å². The van der Waals surface area contributed by atoms with E-state index in [-0.39, 0.29) is 13.0 Å². The molecule has 0 bridgehead atoms. The summed E-state index contributed by atoms with van der Waals surface area (Å²) in [4.78, 5) is 0. The molecule has 1 N–H and O–H groups in total. The van der Waals surface area contributed by atoms with Gasteiger partial charge in [0.05, 0.1) is 6.61 Å². The third-order valence-electron chi connectivity index (χ3n) is 1.72. The highest BCUT2D eigenvalue weighted by molar-refractivity contribution is 6.25. The van der Waals surface area contributed by atoms with E-state index >= 15 is 0 Å². The quantitative estimate of drug-likeness (QED) is 0.542. The lowest BCUT2D eigenvalue weighted by molar-refractivity contribution is 0.187. The van der Waals surface area contributed by atoms with Crippen LogP contribution in [0.3, 0.4) is 0 Å². The minimum atomic E-state index is -1.62. The number of aliphatic hydroxyl groups excluding tert-OH is 1. The summed E-state index contributed by atoms with van der Waals surface area (Å²) in [6.45, 7) is 1.47. The maximum atomic E-state index is 12.5. The van der Waals surface area contributed by atoms with Gasteiger partial charge in [-0.25, -0.2) is 4.39 Å². The molecule has 0 amide bonds. The normalized spacial score (nSPS) is 54.0. The topological polar surface area (TPSA) is 20.2 Å². The summed E-state index contributed by atoms with van der Waals surface area (Å²) >= 11 is 5.22. The van der Waals surface area contributed by atoms with Crippen LogP contribution in [0.2, 0.25) is 0 Å². The molecule has 0 aliphatic heterocycles. The van der Waals surface area contributed by atoms with Gasteiger partial charge in [0.1, 0.15) is 0 Å². The van der Waals surface area contributed by atoms with Gasteiger partial charge >= 0.3 is 0 Å². The van der Waals surface area contributed by atoms with Crippen LogP contribution in [-0.4, -0.2) is 16.8 Å². The van der Waals surface area contributed by atoms with Crippen molar-refractivity contribution < 1.29 is 9.50 Å². The second-order valence-corrected chi connectivity index (χ2v) is 3.20. The Bertz CT molecular complexity index is 115. The van der Waals surface area contributed by atoms with Gasteiger partial charge in [0.15, 0.2) is 5.13 Å². The number of hydrogen-bond donors (Lipinski definition) is 1. The molecule has 0 saturated heterocycles. The maximum Gasteiger partial charge on any atom is 0.192 e. The first-order valence-corrected chi connectivity index (χ1v) is 2.88. The van der Waals surface area contributed by atoms with Crippen molar-refractivity contribution in [3.63, 3.8) is 0 Å². The first-order chi connectivity index (χ1) is 3.52. The molecule has 0 unspecified atom stereocenters. The summed E-state index contributed by atoms with van der Waals surface area (Å²) in [5, 5.41) is 6.85. The zero-order valence-electron chi connectivity index (χ0n) is 4.62. The highest BCUT2D eigenvalue weighted by atomic mass is 35.5. The van der Waals surface area contributed by atoms with Crippen molar-refractivity contribution in [2.24, 2.45) is 5.41 Å². The van der Waals surface area contributed by atoms with E-state index in [4.69, 9.17) is 16.7 Å². The van der Waals surface area contributed by atoms with Crippen LogP contribution in [0.15, 0.2) is 0 Å². The molecule has 1 nitrogen and oxygen atoms in total. The zero-order valence-corrected chi connectivity index (χ0v) is 5.37. The fraction of sp³-hybridized carbons (Fsp3) is 1.00. The van der Waals surface area contributed by atoms with Crippen molar-refractivity contribution in [2.45, 2.75) is 18.5 Å². The fourth-order valence-electron chi connectivity index (χ4n) is 0.617. The molecule has 1 rings (SSSR count). The molecule has 48 valence electrons. The van der Waals surface area contributed by atoms with Crippen LogP contribution in [0.5, 0.6) is 0 Å². The van der Waals surface area contributed by atoms with Crippen LogP contribution in [0.25, 0.3) is 0 Å². The van der Waals surface area contributed by atoms with Gasteiger partial charge in [-0.3, -0.25) is 0 Å². The van der Waals surface area contributed by atoms with Gasteiger partial charge in [-0.05, 0) is 0 Å². The third kappa shape index (κ3) is 0.633. The molecular weight excluding hydrogens is 131 g/mol. The van der Waals surface area contributed by atoms with Crippen LogP contribution in [0, 0.1) is 5.41 Å². The molecule has 0 radical (unpaired) electrons. The number of alkyl halides is 2. The zero-order chi connectivity index (χ0) is 6.41. The summed E-state index contributed by atoms with van der Waals surface area (Å²) in [6, 6.07) is 0. The van der Waals surface area contributed by atoms with Gasteiger partial charge in [-0.2, -0.15) is 0 Å². The highest BCUT2D eigenvalue weighted by Gasteiger charge is 2.64. The first-order valence-electron chi connectivity index (χ1n) is 2.50. The Labute approximate surface area is 52.5 Å². The van der Waals surface area contributed by atoms with Gasteiger partial charge in [0.2, 0.25) is 0 Å². The Balaban J connectivity index is 2.55. The number of aliphatic hydroxyl groups is 1. The summed E-state index contributed by atoms with van der Waals surface area (Å²) in [7, 11) is 0. The van der Waals surface area contributed by atoms with Crippen LogP contribution in [0.4, 0.5) is 4.39 Å². The third-order valence-corrected chi connectivity index (χ3v) is 2.31. The van der Waals surface area contributed by atoms with E-state index in [1.54, 1.807) is 6.92 Å². The Morgan fingerprint density at radius 2 is 2.25 bits per heavy atom. The molecule has 1 aliphatic carbocycles. The predicted molar refractivity (Wildman–Crippen MR) is 29.5 cm³/mol. The lowest BCUT2D eigenvalue weighted by Crippen LogP contribution is -2.09. The molecule has 3 heteroatoms. The molecule has 2 atom stereocenters. The molecule has 1 aliphatic rings. The molecule has 0 aromatic heterocycles. The van der Waals surface area contributed by atoms with Crippen LogP contribution < -0.4 is 0 Å². The van der Waals surface area contributed by atoms with Crippen molar-refractivity contribution in [3.8, 4) is 0 Å². The lowest BCUT2D eigenvalue weighted by atomic mass is 10.2. The standard InChI is InChI=1S/C5H8ClFO/c1-4(3-8)2-5(4,6)7/h8H,2-3H2,1H3/t4-,5-/m1/s1. The van der Waals surface area contributed by atoms with Gasteiger partial charge in [-0.15, -0.1) is 0 Å². The van der Waals surface area contributed by atoms with Crippen LogP contribution in [0.1, 0.15) is 13.3 Å². The van der Waals surface area contributed by atoms with E-state index in [1.807, 2.05) is 0 Å². The monoisotopic (exact) mass is 138 g/mol. The molecule has 1 saturated carbocycles. The summed E-state index contributed by atoms with van der Waals surface area (Å²) in [5.41, 5.74) is -0.658. The average molecular weight is 139 g/mol. The van der Waals surface area contributed by atoms with E-state index < -0.39 is 10.5 Å². The van der Waals surface area contributed by atoms with Gasteiger partial charge in [0, 0.05) is 11.8 Å². The Kier molecular flexibility index (Phi) is 1.07. The number of halogens is 2. The lowest BCUT2D eigenvalue weighted by Gasteiger charge is -2.03. The number of rotatable bonds is 1. The van der Waals surface area contributed by atoms with Crippen molar-refractivity contribution in [3.05, 3.63) is 0 Å². The number of hydrogen-bond acceptors (Lipinski definition) is 1. The van der Waals surface area contributed by atoms with E-state index in [9.17, 15) is 4.39 Å². The van der Waals surface area contributed by atoms with E-state index in [2.05, 4.69) is 0 Å². The van der Waals surface area contributed by atoms with Crippen LogP contribution in [-0.2, 0) is 0 Å². The second kappa shape index (κ2) is 1.36. The second-order valence-electron chi connectivity index (χ2n) is 2.60. The molecule has 8 heavy (non-hydrogen) atoms. The maximum absolute atomic E-state index is 12.5. The molecule has 0 aromatic carbocycles. The van der Waals surface area contributed by atoms with E-state index in [1.165, 1.54) is 0 Å². The highest BCUT2D eigenvalue weighted by Crippen LogP contribution is 2.61. The summed E-state index contributed by atoms with van der Waals surface area (Å²) in [5.74, 6) is 0. The fourth-order valence-corrected chi connectivity index (χ4v) is 0.972. The largest absolute Gasteiger partial charge is 0.396 e. The minimum Gasteiger partial charge on any atom is -0.396 e. The molecule has 1 fully saturated rings. The molecule has 0 aromatic rings. The van der Waals surface area contributed by atoms with Gasteiger partial charge in [-0.1, -0.05) is 18.5 Å². The average Bonchev–Trinajstić information content (AvgIpc) is 2.10. The van der Waals surface area contributed by atoms with Crippen molar-refractivity contribution in [1.29, 1.82) is 0 Å². The minimum absolute atomic E-state index is 0.160. The Morgan fingerprint density at radius 3 is 2.25 bits per heavy atom. The van der Waals surface area contributed by atoms with Gasteiger partial charge < -0.3 is 5.11 Å². The Hall–Kier alpha value is 0.180. The smallest absolute Gasteiger partial charge is 0.192 e. The summed E-state index contributed by atoms with van der Waals surface area (Å²) < 4.78 is 12.5. The molecule has 0 spiro atoms. The van der Waals surface area contributed by atoms with Crippen molar-refractivity contribution in [1.82, 2.24) is 0 Å².